The molecule has 0 aromatic heterocycles. The second kappa shape index (κ2) is 10.1. The van der Waals surface area contributed by atoms with E-state index in [1.54, 1.807) is 47.4 Å². The lowest BCUT2D eigenvalue weighted by atomic mass is 10.1. The highest BCUT2D eigenvalue weighted by molar-refractivity contribution is 6.36. The number of anilines is 3. The maximum absolute atomic E-state index is 13.0. The average molecular weight is 442 g/mol. The molecular formula is C23H21Cl2N3O2. The van der Waals surface area contributed by atoms with Crippen LogP contribution in [0.25, 0.3) is 0 Å². The first kappa shape index (κ1) is 21.7. The molecule has 0 saturated carbocycles. The summed E-state index contributed by atoms with van der Waals surface area (Å²) in [7, 11) is 0. The fraction of sp³-hybridized carbons (Fsp3) is 0.130. The van der Waals surface area contributed by atoms with E-state index in [0.717, 1.165) is 5.69 Å². The minimum atomic E-state index is -0.263. The van der Waals surface area contributed by atoms with Crippen molar-refractivity contribution in [2.75, 3.05) is 28.6 Å². The summed E-state index contributed by atoms with van der Waals surface area (Å²) in [5.41, 5.74) is 2.47. The van der Waals surface area contributed by atoms with E-state index in [4.69, 9.17) is 23.2 Å². The average Bonchev–Trinajstić information content (AvgIpc) is 2.74. The van der Waals surface area contributed by atoms with Gasteiger partial charge in [0.1, 0.15) is 0 Å². The fourth-order valence-electron chi connectivity index (χ4n) is 2.95. The number of carbonyl (C=O) groups is 2. The summed E-state index contributed by atoms with van der Waals surface area (Å²) >= 11 is 12.0. The van der Waals surface area contributed by atoms with Gasteiger partial charge in [-0.25, -0.2) is 0 Å². The van der Waals surface area contributed by atoms with Gasteiger partial charge in [0.05, 0.1) is 17.3 Å². The Labute approximate surface area is 185 Å². The van der Waals surface area contributed by atoms with E-state index >= 15 is 0 Å². The number of nitrogens with one attached hydrogen (secondary N) is 2. The molecule has 0 aliphatic rings. The van der Waals surface area contributed by atoms with E-state index in [1.165, 1.54) is 0 Å². The van der Waals surface area contributed by atoms with Crippen molar-refractivity contribution in [3.63, 3.8) is 0 Å². The molecule has 0 fully saturated rings. The van der Waals surface area contributed by atoms with Crippen LogP contribution in [0.1, 0.15) is 17.3 Å². The molecule has 3 aromatic rings. The molecule has 0 saturated heterocycles. The maximum Gasteiger partial charge on any atom is 0.258 e. The van der Waals surface area contributed by atoms with Gasteiger partial charge in [0.2, 0.25) is 5.91 Å². The van der Waals surface area contributed by atoms with E-state index in [-0.39, 0.29) is 18.4 Å². The van der Waals surface area contributed by atoms with Crippen molar-refractivity contribution in [2.45, 2.75) is 6.92 Å². The Bertz CT molecular complexity index is 1040. The predicted molar refractivity (Wildman–Crippen MR) is 124 cm³/mol. The molecule has 30 heavy (non-hydrogen) atoms. The molecule has 3 aromatic carbocycles. The Hall–Kier alpha value is -3.02. The number of hydrogen-bond donors (Lipinski definition) is 2. The van der Waals surface area contributed by atoms with Crippen LogP contribution in [0.3, 0.4) is 0 Å². The van der Waals surface area contributed by atoms with Crippen LogP contribution in [-0.4, -0.2) is 24.9 Å². The zero-order chi connectivity index (χ0) is 21.5. The summed E-state index contributed by atoms with van der Waals surface area (Å²) < 4.78 is 0. The number of amides is 2. The molecule has 0 radical (unpaired) electrons. The molecule has 0 aliphatic carbocycles. The Morgan fingerprint density at radius 2 is 1.70 bits per heavy atom. The third-order valence-electron chi connectivity index (χ3n) is 4.39. The minimum Gasteiger partial charge on any atom is -0.375 e. The minimum absolute atomic E-state index is 0.0185. The van der Waals surface area contributed by atoms with Gasteiger partial charge in [0.25, 0.3) is 5.91 Å². The maximum atomic E-state index is 13.0. The summed E-state index contributed by atoms with van der Waals surface area (Å²) in [6.07, 6.45) is 0. The first-order valence-electron chi connectivity index (χ1n) is 9.43. The van der Waals surface area contributed by atoms with Gasteiger partial charge in [0, 0.05) is 28.5 Å². The number of hydrogen-bond acceptors (Lipinski definition) is 3. The summed E-state index contributed by atoms with van der Waals surface area (Å²) in [6.45, 7) is 2.47. The van der Waals surface area contributed by atoms with E-state index < -0.39 is 0 Å². The van der Waals surface area contributed by atoms with Crippen LogP contribution < -0.4 is 15.5 Å². The number of nitrogens with zero attached hydrogens (tertiary/aromatic N) is 1. The highest BCUT2D eigenvalue weighted by Crippen LogP contribution is 2.25. The molecule has 0 spiro atoms. The zero-order valence-corrected chi connectivity index (χ0v) is 17.9. The first-order valence-corrected chi connectivity index (χ1v) is 10.2. The summed E-state index contributed by atoms with van der Waals surface area (Å²) in [5, 5.41) is 6.72. The summed E-state index contributed by atoms with van der Waals surface area (Å²) in [4.78, 5) is 27.0. The Balaban J connectivity index is 1.66. The third kappa shape index (κ3) is 5.53. The molecule has 0 unspecified atom stereocenters. The van der Waals surface area contributed by atoms with Gasteiger partial charge in [-0.15, -0.1) is 0 Å². The van der Waals surface area contributed by atoms with E-state index in [0.29, 0.717) is 33.5 Å². The number of halogens is 2. The lowest BCUT2D eigenvalue weighted by molar-refractivity contribution is -0.114. The molecule has 0 atom stereocenters. The molecule has 2 amide bonds. The highest BCUT2D eigenvalue weighted by Gasteiger charge is 2.16. The zero-order valence-electron chi connectivity index (χ0n) is 16.4. The monoisotopic (exact) mass is 441 g/mol. The highest BCUT2D eigenvalue weighted by atomic mass is 35.5. The lowest BCUT2D eigenvalue weighted by Gasteiger charge is -2.21. The summed E-state index contributed by atoms with van der Waals surface area (Å²) in [5.74, 6) is -0.396. The number of benzene rings is 3. The number of para-hydroxylation sites is 1. The van der Waals surface area contributed by atoms with Gasteiger partial charge in [0.15, 0.2) is 0 Å². The van der Waals surface area contributed by atoms with Crippen molar-refractivity contribution in [3.8, 4) is 0 Å². The molecular weight excluding hydrogens is 421 g/mol. The van der Waals surface area contributed by atoms with Crippen LogP contribution in [0.5, 0.6) is 0 Å². The van der Waals surface area contributed by atoms with Crippen LogP contribution in [0.15, 0.2) is 72.8 Å². The Morgan fingerprint density at radius 1 is 0.933 bits per heavy atom. The van der Waals surface area contributed by atoms with Crippen LogP contribution in [0.2, 0.25) is 10.0 Å². The molecule has 0 bridgehead atoms. The SMILES string of the molecule is CCN(C(=O)c1cccc(NC(=O)CNc2ccc(Cl)cc2Cl)c1)c1ccccc1. The number of carbonyl (C=O) groups excluding carboxylic acids is 2. The van der Waals surface area contributed by atoms with E-state index in [9.17, 15) is 9.59 Å². The van der Waals surface area contributed by atoms with E-state index in [2.05, 4.69) is 10.6 Å². The number of rotatable bonds is 7. The van der Waals surface area contributed by atoms with Gasteiger partial charge in [-0.3, -0.25) is 9.59 Å². The Morgan fingerprint density at radius 3 is 2.40 bits per heavy atom. The molecule has 2 N–H and O–H groups in total. The molecule has 5 nitrogen and oxygen atoms in total. The summed E-state index contributed by atoms with van der Waals surface area (Å²) in [6, 6.07) is 21.3. The molecule has 0 heterocycles. The topological polar surface area (TPSA) is 61.4 Å². The van der Waals surface area contributed by atoms with Crippen molar-refractivity contribution in [3.05, 3.63) is 88.4 Å². The van der Waals surface area contributed by atoms with E-state index in [1.807, 2.05) is 37.3 Å². The van der Waals surface area contributed by atoms with Crippen molar-refractivity contribution in [2.24, 2.45) is 0 Å². The predicted octanol–water partition coefficient (Wildman–Crippen LogP) is 5.71. The second-order valence-corrected chi connectivity index (χ2v) is 7.34. The molecule has 154 valence electrons. The quantitative estimate of drug-likeness (QED) is 0.493. The first-order chi connectivity index (χ1) is 14.5. The van der Waals surface area contributed by atoms with Crippen molar-refractivity contribution in [1.29, 1.82) is 0 Å². The molecule has 7 heteroatoms. The van der Waals surface area contributed by atoms with Crippen molar-refractivity contribution in [1.82, 2.24) is 0 Å². The van der Waals surface area contributed by atoms with Crippen LogP contribution in [0.4, 0.5) is 17.1 Å². The van der Waals surface area contributed by atoms with Gasteiger partial charge < -0.3 is 15.5 Å². The standard InChI is InChI=1S/C23H21Cl2N3O2/c1-2-28(19-9-4-3-5-10-19)23(30)16-7-6-8-18(13-16)27-22(29)15-26-21-12-11-17(24)14-20(21)25/h3-14,26H,2,15H2,1H3,(H,27,29). The van der Waals surface area contributed by atoms with Gasteiger partial charge in [-0.05, 0) is 55.5 Å². The van der Waals surface area contributed by atoms with Crippen molar-refractivity contribution >= 4 is 52.1 Å². The van der Waals surface area contributed by atoms with Gasteiger partial charge in [-0.1, -0.05) is 47.5 Å². The largest absolute Gasteiger partial charge is 0.375 e. The third-order valence-corrected chi connectivity index (χ3v) is 4.94. The van der Waals surface area contributed by atoms with Crippen LogP contribution >= 0.6 is 23.2 Å². The van der Waals surface area contributed by atoms with Crippen LogP contribution in [-0.2, 0) is 4.79 Å². The van der Waals surface area contributed by atoms with Gasteiger partial charge in [-0.2, -0.15) is 0 Å². The Kier molecular flexibility index (Phi) is 7.33. The normalized spacial score (nSPS) is 10.4. The molecule has 0 aliphatic heterocycles. The second-order valence-electron chi connectivity index (χ2n) is 6.49. The lowest BCUT2D eigenvalue weighted by Crippen LogP contribution is -2.30. The smallest absolute Gasteiger partial charge is 0.258 e. The van der Waals surface area contributed by atoms with Crippen LogP contribution in [0, 0.1) is 0 Å². The molecule has 3 rings (SSSR count). The van der Waals surface area contributed by atoms with Crippen molar-refractivity contribution < 1.29 is 9.59 Å². The fourth-order valence-corrected chi connectivity index (χ4v) is 3.43. The van der Waals surface area contributed by atoms with Gasteiger partial charge >= 0.3 is 0 Å².